The van der Waals surface area contributed by atoms with E-state index in [1.54, 1.807) is 24.3 Å². The lowest BCUT2D eigenvalue weighted by molar-refractivity contribution is -0.115. The van der Waals surface area contributed by atoms with E-state index in [-0.39, 0.29) is 17.2 Å². The lowest BCUT2D eigenvalue weighted by Crippen LogP contribution is -2.14. The molecular formula is C21H16BrCl2NO3S. The number of hydrogen-bond donors (Lipinski definition) is 1. The third-order valence-corrected chi connectivity index (χ3v) is 6.43. The lowest BCUT2D eigenvalue weighted by atomic mass is 10.0. The van der Waals surface area contributed by atoms with Crippen molar-refractivity contribution in [3.63, 3.8) is 0 Å². The van der Waals surface area contributed by atoms with Gasteiger partial charge in [0.25, 0.3) is 0 Å². The fourth-order valence-electron chi connectivity index (χ4n) is 2.78. The van der Waals surface area contributed by atoms with Crippen LogP contribution in [0.15, 0.2) is 70.0 Å². The van der Waals surface area contributed by atoms with E-state index in [0.717, 1.165) is 16.3 Å². The van der Waals surface area contributed by atoms with Gasteiger partial charge in [-0.2, -0.15) is 0 Å². The normalized spacial score (nSPS) is 11.3. The Bertz CT molecular complexity index is 1140. The maximum absolute atomic E-state index is 12.3. The van der Waals surface area contributed by atoms with E-state index < -0.39 is 9.84 Å². The van der Waals surface area contributed by atoms with Crippen molar-refractivity contribution in [2.45, 2.75) is 11.3 Å². The molecule has 4 nitrogen and oxygen atoms in total. The number of anilines is 1. The second-order valence-electron chi connectivity index (χ2n) is 6.46. The van der Waals surface area contributed by atoms with Gasteiger partial charge in [0.2, 0.25) is 5.91 Å². The molecule has 0 heterocycles. The van der Waals surface area contributed by atoms with Crippen LogP contribution in [-0.4, -0.2) is 20.6 Å². The molecule has 0 aromatic heterocycles. The number of sulfone groups is 1. The first-order chi connectivity index (χ1) is 13.6. The maximum atomic E-state index is 12.3. The number of carbonyl (C=O) groups excluding carboxylic acids is 1. The van der Waals surface area contributed by atoms with Crippen LogP contribution in [-0.2, 0) is 21.1 Å². The second-order valence-corrected chi connectivity index (χ2v) is 10.2. The van der Waals surface area contributed by atoms with Crippen LogP contribution in [0, 0.1) is 0 Å². The highest BCUT2D eigenvalue weighted by Gasteiger charge is 2.14. The molecule has 0 aliphatic rings. The van der Waals surface area contributed by atoms with Crippen molar-refractivity contribution in [2.75, 3.05) is 11.6 Å². The van der Waals surface area contributed by atoms with E-state index in [1.165, 1.54) is 12.1 Å². The Hall–Kier alpha value is -1.86. The Labute approximate surface area is 187 Å². The molecule has 3 aromatic carbocycles. The zero-order valence-corrected chi connectivity index (χ0v) is 19.2. The quantitative estimate of drug-likeness (QED) is 0.455. The van der Waals surface area contributed by atoms with E-state index in [1.807, 2.05) is 24.3 Å². The van der Waals surface area contributed by atoms with Gasteiger partial charge in [-0.3, -0.25) is 4.79 Å². The minimum atomic E-state index is -3.29. The molecule has 29 heavy (non-hydrogen) atoms. The molecule has 0 aliphatic carbocycles. The SMILES string of the molecule is CS(=O)(=O)c1ccc(-c2c(Cl)cc(NC(=O)Cc3ccc(Br)cc3)cc2Cl)cc1. The van der Waals surface area contributed by atoms with Crippen LogP contribution in [0.5, 0.6) is 0 Å². The molecular weight excluding hydrogens is 497 g/mol. The van der Waals surface area contributed by atoms with Crippen molar-refractivity contribution in [1.29, 1.82) is 0 Å². The van der Waals surface area contributed by atoms with Gasteiger partial charge >= 0.3 is 0 Å². The van der Waals surface area contributed by atoms with Crippen molar-refractivity contribution in [1.82, 2.24) is 0 Å². The highest BCUT2D eigenvalue weighted by Crippen LogP contribution is 2.37. The molecule has 0 bridgehead atoms. The molecule has 0 saturated heterocycles. The third-order valence-electron chi connectivity index (χ3n) is 4.17. The summed E-state index contributed by atoms with van der Waals surface area (Å²) in [5, 5.41) is 3.50. The summed E-state index contributed by atoms with van der Waals surface area (Å²) in [7, 11) is -3.29. The first-order valence-corrected chi connectivity index (χ1v) is 11.9. The smallest absolute Gasteiger partial charge is 0.228 e. The summed E-state index contributed by atoms with van der Waals surface area (Å²) in [6.07, 6.45) is 1.37. The molecule has 1 amide bonds. The van der Waals surface area contributed by atoms with Gasteiger partial charge in [0.15, 0.2) is 9.84 Å². The van der Waals surface area contributed by atoms with Crippen LogP contribution in [0.2, 0.25) is 10.0 Å². The van der Waals surface area contributed by atoms with Crippen molar-refractivity contribution in [2.24, 2.45) is 0 Å². The van der Waals surface area contributed by atoms with Crippen LogP contribution in [0.3, 0.4) is 0 Å². The van der Waals surface area contributed by atoms with E-state index in [2.05, 4.69) is 21.2 Å². The molecule has 3 aromatic rings. The van der Waals surface area contributed by atoms with Crippen molar-refractivity contribution < 1.29 is 13.2 Å². The first-order valence-electron chi connectivity index (χ1n) is 8.47. The summed E-state index contributed by atoms with van der Waals surface area (Å²) in [5.41, 5.74) is 2.61. The minimum Gasteiger partial charge on any atom is -0.326 e. The fraction of sp³-hybridized carbons (Fsp3) is 0.0952. The molecule has 0 fully saturated rings. The fourth-order valence-corrected chi connectivity index (χ4v) is 4.38. The second kappa shape index (κ2) is 8.88. The number of halogens is 3. The van der Waals surface area contributed by atoms with E-state index in [4.69, 9.17) is 23.2 Å². The number of rotatable bonds is 5. The molecule has 8 heteroatoms. The molecule has 0 atom stereocenters. The van der Waals surface area contributed by atoms with Crippen LogP contribution in [0.4, 0.5) is 5.69 Å². The number of benzene rings is 3. The molecule has 0 saturated carbocycles. The van der Waals surface area contributed by atoms with Crippen LogP contribution in [0.1, 0.15) is 5.56 Å². The molecule has 3 rings (SSSR count). The number of carbonyl (C=O) groups is 1. The Balaban J connectivity index is 1.80. The summed E-state index contributed by atoms with van der Waals surface area (Å²) in [5.74, 6) is -0.190. The lowest BCUT2D eigenvalue weighted by Gasteiger charge is -2.12. The highest BCUT2D eigenvalue weighted by atomic mass is 79.9. The predicted molar refractivity (Wildman–Crippen MR) is 121 cm³/mol. The Morgan fingerprint density at radius 1 is 0.966 bits per heavy atom. The molecule has 0 spiro atoms. The summed E-state index contributed by atoms with van der Waals surface area (Å²) in [6, 6.07) is 17.0. The van der Waals surface area contributed by atoms with Gasteiger partial charge in [0.05, 0.1) is 21.4 Å². The Kier molecular flexibility index (Phi) is 6.69. The molecule has 1 N–H and O–H groups in total. The van der Waals surface area contributed by atoms with Crippen molar-refractivity contribution in [3.05, 3.63) is 80.7 Å². The molecule has 150 valence electrons. The topological polar surface area (TPSA) is 63.2 Å². The van der Waals surface area contributed by atoms with Crippen LogP contribution >= 0.6 is 39.1 Å². The number of hydrogen-bond acceptors (Lipinski definition) is 3. The molecule has 0 aliphatic heterocycles. The monoisotopic (exact) mass is 511 g/mol. The average molecular weight is 513 g/mol. The van der Waals surface area contributed by atoms with Gasteiger partial charge in [-0.15, -0.1) is 0 Å². The maximum Gasteiger partial charge on any atom is 0.228 e. The predicted octanol–water partition coefficient (Wildman–Crippen LogP) is 6.01. The number of amides is 1. The Morgan fingerprint density at radius 3 is 2.03 bits per heavy atom. The number of nitrogens with one attached hydrogen (secondary N) is 1. The van der Waals surface area contributed by atoms with Gasteiger partial charge in [-0.1, -0.05) is 63.4 Å². The summed E-state index contributed by atoms with van der Waals surface area (Å²) < 4.78 is 24.2. The molecule has 0 unspecified atom stereocenters. The van der Waals surface area contributed by atoms with E-state index in [9.17, 15) is 13.2 Å². The summed E-state index contributed by atoms with van der Waals surface area (Å²) >= 11 is 16.2. The van der Waals surface area contributed by atoms with Gasteiger partial charge in [-0.25, -0.2) is 8.42 Å². The Morgan fingerprint density at radius 2 is 1.52 bits per heavy atom. The van der Waals surface area contributed by atoms with Crippen LogP contribution in [0.25, 0.3) is 11.1 Å². The van der Waals surface area contributed by atoms with Gasteiger partial charge < -0.3 is 5.32 Å². The zero-order chi connectivity index (χ0) is 21.2. The van der Waals surface area contributed by atoms with E-state index >= 15 is 0 Å². The first kappa shape index (κ1) is 21.8. The summed E-state index contributed by atoms with van der Waals surface area (Å²) in [4.78, 5) is 12.5. The van der Waals surface area contributed by atoms with Gasteiger partial charge in [0, 0.05) is 22.0 Å². The van der Waals surface area contributed by atoms with E-state index in [0.29, 0.717) is 26.9 Å². The largest absolute Gasteiger partial charge is 0.326 e. The minimum absolute atomic E-state index is 0.190. The molecule has 0 radical (unpaired) electrons. The standard InChI is InChI=1S/C21H16BrCl2NO3S/c1-29(27,28)17-8-4-14(5-9-17)21-18(23)11-16(12-19(21)24)25-20(26)10-13-2-6-15(22)7-3-13/h2-9,11-12H,10H2,1H3,(H,25,26). The summed E-state index contributed by atoms with van der Waals surface area (Å²) in [6.45, 7) is 0. The van der Waals surface area contributed by atoms with Crippen LogP contribution < -0.4 is 5.32 Å². The van der Waals surface area contributed by atoms with Crippen molar-refractivity contribution >= 4 is 60.6 Å². The van der Waals surface area contributed by atoms with Gasteiger partial charge in [-0.05, 0) is 47.5 Å². The average Bonchev–Trinajstić information content (AvgIpc) is 2.63. The zero-order valence-electron chi connectivity index (χ0n) is 15.2. The third kappa shape index (κ3) is 5.60. The van der Waals surface area contributed by atoms with Gasteiger partial charge in [0.1, 0.15) is 0 Å². The van der Waals surface area contributed by atoms with Crippen molar-refractivity contribution in [3.8, 4) is 11.1 Å². The highest BCUT2D eigenvalue weighted by molar-refractivity contribution is 9.10.